The summed E-state index contributed by atoms with van der Waals surface area (Å²) in [5.74, 6) is -1.24. The van der Waals surface area contributed by atoms with Gasteiger partial charge in [-0.15, -0.1) is 5.10 Å². The van der Waals surface area contributed by atoms with E-state index in [4.69, 9.17) is 23.2 Å². The van der Waals surface area contributed by atoms with Gasteiger partial charge in [0.1, 0.15) is 6.54 Å². The molecule has 2 unspecified atom stereocenters. The molecule has 0 aliphatic heterocycles. The Kier molecular flexibility index (Phi) is 9.83. The van der Waals surface area contributed by atoms with Gasteiger partial charge in [0, 0.05) is 22.2 Å². The van der Waals surface area contributed by atoms with Crippen molar-refractivity contribution in [2.24, 2.45) is 0 Å². The molecule has 212 valence electrons. The first kappa shape index (κ1) is 30.6. The molecule has 0 aliphatic carbocycles. The van der Waals surface area contributed by atoms with Gasteiger partial charge in [-0.2, -0.15) is 13.2 Å². The molecule has 0 saturated carbocycles. The molecule has 3 N–H and O–H groups in total. The third-order valence-electron chi connectivity index (χ3n) is 5.56. The number of aromatic nitrogens is 3. The summed E-state index contributed by atoms with van der Waals surface area (Å²) >= 11 is 12.1. The molecule has 1 heterocycles. The summed E-state index contributed by atoms with van der Waals surface area (Å²) in [4.78, 5) is 25.9. The number of aliphatic hydroxyl groups excluding tert-OH is 1. The smallest absolute Gasteiger partial charge is 0.382 e. The highest BCUT2D eigenvalue weighted by atomic mass is 35.5. The molecule has 0 spiro atoms. The first-order valence-corrected chi connectivity index (χ1v) is 13.8. The van der Waals surface area contributed by atoms with E-state index in [0.717, 1.165) is 0 Å². The van der Waals surface area contributed by atoms with Crippen LogP contribution in [-0.2, 0) is 27.9 Å². The second-order valence-corrected chi connectivity index (χ2v) is 11.3. The summed E-state index contributed by atoms with van der Waals surface area (Å²) in [6.07, 6.45) is -7.88. The maximum atomic E-state index is 13.1. The molecule has 1 aromatic heterocycles. The van der Waals surface area contributed by atoms with Gasteiger partial charge in [0.2, 0.25) is 15.9 Å². The lowest BCUT2D eigenvalue weighted by Crippen LogP contribution is -2.41. The highest BCUT2D eigenvalue weighted by Crippen LogP contribution is 2.25. The second kappa shape index (κ2) is 12.5. The number of sulfonamides is 1. The number of amides is 1. The van der Waals surface area contributed by atoms with Crippen molar-refractivity contribution < 1.29 is 31.5 Å². The monoisotopic (exact) mass is 609 g/mol. The Balaban J connectivity index is 1.92. The van der Waals surface area contributed by atoms with Crippen LogP contribution in [0.15, 0.2) is 53.3 Å². The number of alkyl halides is 3. The van der Waals surface area contributed by atoms with Crippen molar-refractivity contribution in [2.75, 3.05) is 12.3 Å². The van der Waals surface area contributed by atoms with Crippen molar-refractivity contribution in [1.29, 1.82) is 0 Å². The van der Waals surface area contributed by atoms with Gasteiger partial charge in [-0.3, -0.25) is 9.36 Å². The fraction of sp³-hybridized carbons (Fsp3) is 0.348. The van der Waals surface area contributed by atoms with Crippen LogP contribution < -0.4 is 15.7 Å². The van der Waals surface area contributed by atoms with E-state index in [9.17, 15) is 36.3 Å². The van der Waals surface area contributed by atoms with E-state index >= 15 is 0 Å². The predicted molar refractivity (Wildman–Crippen MR) is 139 cm³/mol. The van der Waals surface area contributed by atoms with Gasteiger partial charge in [-0.1, -0.05) is 41.4 Å². The average molecular weight is 610 g/mol. The first-order valence-electron chi connectivity index (χ1n) is 11.4. The number of hydrogen-bond acceptors (Lipinski definition) is 6. The average Bonchev–Trinajstić information content (AvgIpc) is 3.16. The molecule has 0 fully saturated rings. The fourth-order valence-electron chi connectivity index (χ4n) is 3.48. The van der Waals surface area contributed by atoms with Crippen LogP contribution in [0.1, 0.15) is 18.5 Å². The SMILES string of the molecule is CCS(=O)(=O)NCC(NC(=O)Cn1nc(-c2ccc(Cl)cc2)n(CC(O)C(F)(F)F)c1=O)c1ccccc1Cl. The fourth-order valence-corrected chi connectivity index (χ4v) is 4.50. The Labute approximate surface area is 231 Å². The summed E-state index contributed by atoms with van der Waals surface area (Å²) < 4.78 is 66.7. The largest absolute Gasteiger partial charge is 0.416 e. The van der Waals surface area contributed by atoms with Crippen molar-refractivity contribution in [3.63, 3.8) is 0 Å². The normalized spacial score (nSPS) is 13.7. The van der Waals surface area contributed by atoms with Gasteiger partial charge < -0.3 is 10.4 Å². The predicted octanol–water partition coefficient (Wildman–Crippen LogP) is 2.74. The first-order chi connectivity index (χ1) is 18.2. The zero-order chi connectivity index (χ0) is 29.0. The molecule has 2 aromatic carbocycles. The van der Waals surface area contributed by atoms with Crippen LogP contribution >= 0.6 is 23.2 Å². The van der Waals surface area contributed by atoms with Gasteiger partial charge in [0.25, 0.3) is 0 Å². The summed E-state index contributed by atoms with van der Waals surface area (Å²) in [5, 5.41) is 16.8. The number of carbonyl (C=O) groups is 1. The van der Waals surface area contributed by atoms with Crippen LogP contribution in [0.2, 0.25) is 10.0 Å². The molecule has 0 bridgehead atoms. The minimum absolute atomic E-state index is 0.208. The maximum absolute atomic E-state index is 13.1. The molecular weight excluding hydrogens is 586 g/mol. The highest BCUT2D eigenvalue weighted by molar-refractivity contribution is 7.89. The van der Waals surface area contributed by atoms with Crippen LogP contribution in [0.5, 0.6) is 0 Å². The van der Waals surface area contributed by atoms with E-state index < -0.39 is 53.0 Å². The molecule has 39 heavy (non-hydrogen) atoms. The minimum atomic E-state index is -5.01. The zero-order valence-corrected chi connectivity index (χ0v) is 22.7. The third kappa shape index (κ3) is 8.05. The molecule has 10 nitrogen and oxygen atoms in total. The third-order valence-corrected chi connectivity index (χ3v) is 7.52. The van der Waals surface area contributed by atoms with Gasteiger partial charge in [0.15, 0.2) is 11.9 Å². The summed E-state index contributed by atoms with van der Waals surface area (Å²) in [6.45, 7) is -0.718. The number of benzene rings is 2. The van der Waals surface area contributed by atoms with E-state index in [1.165, 1.54) is 31.2 Å². The molecule has 3 aromatic rings. The highest BCUT2D eigenvalue weighted by Gasteiger charge is 2.39. The van der Waals surface area contributed by atoms with E-state index in [2.05, 4.69) is 15.1 Å². The van der Waals surface area contributed by atoms with Crippen molar-refractivity contribution in [2.45, 2.75) is 38.3 Å². The molecule has 0 radical (unpaired) electrons. The molecule has 2 atom stereocenters. The number of nitrogens with zero attached hydrogens (tertiary/aromatic N) is 3. The van der Waals surface area contributed by atoms with Crippen molar-refractivity contribution in [1.82, 2.24) is 24.4 Å². The van der Waals surface area contributed by atoms with E-state index in [0.29, 0.717) is 19.8 Å². The molecule has 0 aliphatic rings. The Morgan fingerprint density at radius 1 is 1.13 bits per heavy atom. The Morgan fingerprint density at radius 2 is 1.77 bits per heavy atom. The molecule has 3 rings (SSSR count). The maximum Gasteiger partial charge on any atom is 0.416 e. The van der Waals surface area contributed by atoms with E-state index in [1.54, 1.807) is 24.3 Å². The van der Waals surface area contributed by atoms with Gasteiger partial charge >= 0.3 is 11.9 Å². The minimum Gasteiger partial charge on any atom is -0.382 e. The topological polar surface area (TPSA) is 135 Å². The Hall–Kier alpha value is -2.91. The number of halogens is 5. The number of aliphatic hydroxyl groups is 1. The van der Waals surface area contributed by atoms with Gasteiger partial charge in [-0.05, 0) is 42.8 Å². The number of nitrogens with one attached hydrogen (secondary N) is 2. The van der Waals surface area contributed by atoms with Crippen LogP contribution in [-0.4, -0.2) is 58.4 Å². The molecular formula is C23H24Cl2F3N5O5S. The number of carbonyl (C=O) groups excluding carboxylic acids is 1. The van der Waals surface area contributed by atoms with Crippen molar-refractivity contribution in [3.05, 3.63) is 74.6 Å². The molecule has 0 saturated heterocycles. The number of hydrogen-bond donors (Lipinski definition) is 3. The summed E-state index contributed by atoms with van der Waals surface area (Å²) in [7, 11) is -3.64. The van der Waals surface area contributed by atoms with Gasteiger partial charge in [-0.25, -0.2) is 22.6 Å². The summed E-state index contributed by atoms with van der Waals surface area (Å²) in [6, 6.07) is 11.1. The van der Waals surface area contributed by atoms with Crippen LogP contribution in [0.4, 0.5) is 13.2 Å². The van der Waals surface area contributed by atoms with E-state index in [1.807, 2.05) is 0 Å². The lowest BCUT2D eigenvalue weighted by atomic mass is 10.1. The zero-order valence-electron chi connectivity index (χ0n) is 20.3. The Morgan fingerprint density at radius 3 is 2.36 bits per heavy atom. The van der Waals surface area contributed by atoms with Gasteiger partial charge in [0.05, 0.1) is 18.3 Å². The summed E-state index contributed by atoms with van der Waals surface area (Å²) in [5.41, 5.74) is -0.480. The van der Waals surface area contributed by atoms with Crippen molar-refractivity contribution >= 4 is 39.1 Å². The quantitative estimate of drug-likeness (QED) is 0.306. The lowest BCUT2D eigenvalue weighted by molar-refractivity contribution is -0.207. The molecule has 1 amide bonds. The van der Waals surface area contributed by atoms with Crippen LogP contribution in [0, 0.1) is 0 Å². The Bertz CT molecular complexity index is 1480. The van der Waals surface area contributed by atoms with E-state index in [-0.39, 0.29) is 28.7 Å². The standard InChI is InChI=1S/C23H24Cl2F3N5O5S/c1-2-39(37,38)29-11-18(16-5-3-4-6-17(16)25)30-20(35)13-33-22(36)32(12-19(34)23(26,27)28)21(31-33)14-7-9-15(24)10-8-14/h3-10,18-19,29,34H,2,11-13H2,1H3,(H,30,35). The number of rotatable bonds is 11. The van der Waals surface area contributed by atoms with Crippen LogP contribution in [0.3, 0.4) is 0 Å². The lowest BCUT2D eigenvalue weighted by Gasteiger charge is -2.20. The molecule has 16 heteroatoms. The van der Waals surface area contributed by atoms with Crippen LogP contribution in [0.25, 0.3) is 11.4 Å². The van der Waals surface area contributed by atoms with Crippen molar-refractivity contribution in [3.8, 4) is 11.4 Å². The second-order valence-electron chi connectivity index (χ2n) is 8.33.